The van der Waals surface area contributed by atoms with Crippen LogP contribution in [0.3, 0.4) is 0 Å². The maximum atomic E-state index is 14.2. The van der Waals surface area contributed by atoms with E-state index < -0.39 is 32.6 Å². The van der Waals surface area contributed by atoms with Gasteiger partial charge in [-0.2, -0.15) is 4.39 Å². The summed E-state index contributed by atoms with van der Waals surface area (Å²) in [7, 11) is -6.34. The van der Waals surface area contributed by atoms with E-state index >= 15 is 0 Å². The standard InChI is InChI=1S/C28H46FO5P.C21H42FO5P.CH4O.CH4/c1-3-33-35(31,34-4-2)27(29)23-19-14-12-10-8-6-5-7-9-11-13-15-20-24-28(30)32-25-26-21-17-16-18-22-26;1-3-26-28(25,27-4-2)20(22)18-16-14-12-10-8-6-5-7-9-11-13-15-17-19-21(23)24;1-2;/h16-18,21-23H,3-15,19-20,24-25H2,1-2H3;20H,3-19H2,1-2H3,(H,23,24);2H,1H3;1H4/b27-23+;;;. The number of hydrogen-bond acceptors (Lipinski definition) is 10. The van der Waals surface area contributed by atoms with Crippen LogP contribution in [0.1, 0.15) is 227 Å². The molecule has 0 bridgehead atoms. The quantitative estimate of drug-likeness (QED) is 0.0365. The predicted molar refractivity (Wildman–Crippen MR) is 268 cm³/mol. The first-order valence-electron chi connectivity index (χ1n) is 25.1. The fraction of sp³-hybridized carbons (Fsp3) is 0.804. The number of aliphatic hydroxyl groups excluding tert-OH is 1. The van der Waals surface area contributed by atoms with E-state index in [0.29, 0.717) is 32.3 Å². The van der Waals surface area contributed by atoms with Crippen LogP contribution in [0.25, 0.3) is 0 Å². The number of carbonyl (C=O) groups excluding carboxylic acids is 1. The van der Waals surface area contributed by atoms with E-state index in [1.807, 2.05) is 30.3 Å². The predicted octanol–water partition coefficient (Wildman–Crippen LogP) is 17.0. The van der Waals surface area contributed by atoms with E-state index in [2.05, 4.69) is 0 Å². The third-order valence-corrected chi connectivity index (χ3v) is 14.6. The molecule has 0 heterocycles. The van der Waals surface area contributed by atoms with Crippen LogP contribution in [-0.2, 0) is 48.2 Å². The minimum absolute atomic E-state index is 0. The molecule has 1 atom stereocenters. The minimum Gasteiger partial charge on any atom is -0.481 e. The van der Waals surface area contributed by atoms with Crippen molar-refractivity contribution in [3.8, 4) is 0 Å². The third-order valence-electron chi connectivity index (χ3n) is 10.5. The lowest BCUT2D eigenvalue weighted by Gasteiger charge is -2.20. The van der Waals surface area contributed by atoms with Crippen molar-refractivity contribution in [1.29, 1.82) is 0 Å². The van der Waals surface area contributed by atoms with Crippen molar-refractivity contribution in [2.75, 3.05) is 33.5 Å². The van der Waals surface area contributed by atoms with Gasteiger partial charge in [0.25, 0.3) is 0 Å². The highest BCUT2D eigenvalue weighted by Gasteiger charge is 2.35. The molecule has 0 aliphatic heterocycles. The maximum Gasteiger partial charge on any atom is 0.389 e. The largest absolute Gasteiger partial charge is 0.481 e. The molecule has 0 aliphatic carbocycles. The van der Waals surface area contributed by atoms with Crippen LogP contribution in [0, 0.1) is 0 Å². The highest BCUT2D eigenvalue weighted by molar-refractivity contribution is 7.58. The van der Waals surface area contributed by atoms with Crippen LogP contribution in [0.2, 0.25) is 0 Å². The van der Waals surface area contributed by atoms with Crippen molar-refractivity contribution in [1.82, 2.24) is 0 Å². The van der Waals surface area contributed by atoms with E-state index in [1.165, 1.54) is 96.0 Å². The average Bonchev–Trinajstić information content (AvgIpc) is 3.29. The van der Waals surface area contributed by atoms with E-state index in [-0.39, 0.29) is 46.2 Å². The Labute approximate surface area is 401 Å². The van der Waals surface area contributed by atoms with Gasteiger partial charge in [0.15, 0.2) is 0 Å². The number of alkyl halides is 1. The van der Waals surface area contributed by atoms with Gasteiger partial charge in [-0.3, -0.25) is 18.7 Å². The molecule has 0 fully saturated rings. The Morgan fingerprint density at radius 3 is 1.33 bits per heavy atom. The second-order valence-electron chi connectivity index (χ2n) is 16.1. The van der Waals surface area contributed by atoms with Gasteiger partial charge in [0.1, 0.15) is 6.61 Å². The zero-order chi connectivity index (χ0) is 48.7. The number of esters is 1. The number of halogens is 2. The smallest absolute Gasteiger partial charge is 0.389 e. The van der Waals surface area contributed by atoms with Crippen molar-refractivity contribution in [2.24, 2.45) is 0 Å². The van der Waals surface area contributed by atoms with Gasteiger partial charge in [0.05, 0.1) is 26.4 Å². The number of carboxylic acid groups (broad SMARTS) is 1. The number of allylic oxidation sites excluding steroid dienone is 1. The molecular formula is C51H96F2O11P2. The molecular weight excluding hydrogens is 888 g/mol. The molecule has 1 unspecified atom stereocenters. The fourth-order valence-electron chi connectivity index (χ4n) is 7.08. The Hall–Kier alpha value is -1.98. The average molecular weight is 985 g/mol. The van der Waals surface area contributed by atoms with Crippen LogP contribution in [0.4, 0.5) is 8.78 Å². The molecule has 0 spiro atoms. The Morgan fingerprint density at radius 2 is 0.939 bits per heavy atom. The summed E-state index contributed by atoms with van der Waals surface area (Å²) in [5, 5.41) is 15.6. The molecule has 66 heavy (non-hydrogen) atoms. The van der Waals surface area contributed by atoms with Crippen LogP contribution in [0.15, 0.2) is 42.0 Å². The molecule has 15 heteroatoms. The van der Waals surface area contributed by atoms with Gasteiger partial charge in [-0.25, -0.2) is 4.39 Å². The van der Waals surface area contributed by atoms with Gasteiger partial charge < -0.3 is 33.0 Å². The van der Waals surface area contributed by atoms with E-state index in [4.69, 9.17) is 33.0 Å². The number of benzene rings is 1. The van der Waals surface area contributed by atoms with Crippen molar-refractivity contribution in [3.05, 3.63) is 47.5 Å². The summed E-state index contributed by atoms with van der Waals surface area (Å²) >= 11 is 0. The lowest BCUT2D eigenvalue weighted by Crippen LogP contribution is -2.08. The topological polar surface area (TPSA) is 155 Å². The molecule has 2 N–H and O–H groups in total. The molecule has 11 nitrogen and oxygen atoms in total. The van der Waals surface area contributed by atoms with Crippen molar-refractivity contribution < 1.29 is 60.5 Å². The molecule has 0 aromatic heterocycles. The molecule has 1 aromatic carbocycles. The van der Waals surface area contributed by atoms with E-state index in [1.54, 1.807) is 27.7 Å². The lowest BCUT2D eigenvalue weighted by atomic mass is 10.0. The number of carboxylic acids is 1. The third kappa shape index (κ3) is 41.0. The zero-order valence-corrected chi connectivity index (χ0v) is 43.1. The Balaban J connectivity index is -0.00000117. The molecule has 0 radical (unpaired) electrons. The van der Waals surface area contributed by atoms with Crippen LogP contribution in [-0.4, -0.2) is 61.6 Å². The van der Waals surface area contributed by atoms with Gasteiger partial charge in [-0.1, -0.05) is 173 Å². The van der Waals surface area contributed by atoms with Gasteiger partial charge in [-0.05, 0) is 77.9 Å². The summed E-state index contributed by atoms with van der Waals surface area (Å²) in [5.74, 6) is -2.32. The summed E-state index contributed by atoms with van der Waals surface area (Å²) in [6.45, 7) is 7.81. The SMILES string of the molecule is C.CCOP(=O)(OCC)/C(F)=C/CCCCCCCCCCCCCCC(=O)OCc1ccccc1.CCOP(=O)(OCC)C(F)CCCCCCCCCCCCCCCC(=O)O.CO. The molecule has 0 amide bonds. The first-order chi connectivity index (χ1) is 31.5. The van der Waals surface area contributed by atoms with Crippen LogP contribution in [0.5, 0.6) is 0 Å². The number of hydrogen-bond donors (Lipinski definition) is 2. The molecule has 0 aliphatic rings. The van der Waals surface area contributed by atoms with Crippen LogP contribution >= 0.6 is 15.2 Å². The number of aliphatic hydroxyl groups is 1. The number of ether oxygens (including phenoxy) is 1. The number of aliphatic carboxylic acids is 1. The monoisotopic (exact) mass is 985 g/mol. The Kier molecular flexibility index (Phi) is 51.2. The van der Waals surface area contributed by atoms with Crippen molar-refractivity contribution >= 4 is 27.1 Å². The number of carbonyl (C=O) groups is 2. The Bertz CT molecular complexity index is 1330. The van der Waals surface area contributed by atoms with E-state index in [0.717, 1.165) is 76.9 Å². The summed E-state index contributed by atoms with van der Waals surface area (Å²) in [5.41, 5.74) is 0.265. The summed E-state index contributed by atoms with van der Waals surface area (Å²) in [6.07, 6.45) is 30.9. The number of rotatable bonds is 43. The second-order valence-corrected chi connectivity index (χ2v) is 20.2. The molecule has 0 saturated carbocycles. The zero-order valence-electron chi connectivity index (χ0n) is 41.3. The fourth-order valence-corrected chi connectivity index (χ4v) is 10.0. The highest BCUT2D eigenvalue weighted by atomic mass is 31.2. The summed E-state index contributed by atoms with van der Waals surface area (Å²) < 4.78 is 78.2. The Morgan fingerprint density at radius 1 is 0.576 bits per heavy atom. The first-order valence-corrected chi connectivity index (χ1v) is 28.3. The van der Waals surface area contributed by atoms with E-state index in [9.17, 15) is 27.5 Å². The van der Waals surface area contributed by atoms with Crippen molar-refractivity contribution in [3.63, 3.8) is 0 Å². The maximum absolute atomic E-state index is 14.2. The van der Waals surface area contributed by atoms with Crippen molar-refractivity contribution in [2.45, 2.75) is 234 Å². The van der Waals surface area contributed by atoms with Gasteiger partial charge in [0.2, 0.25) is 11.5 Å². The number of unbranched alkanes of at least 4 members (excludes halogenated alkanes) is 24. The van der Waals surface area contributed by atoms with Gasteiger partial charge in [-0.15, -0.1) is 0 Å². The summed E-state index contributed by atoms with van der Waals surface area (Å²) in [6, 6.07) is 9.77. The van der Waals surface area contributed by atoms with Crippen LogP contribution < -0.4 is 0 Å². The lowest BCUT2D eigenvalue weighted by molar-refractivity contribution is -0.145. The summed E-state index contributed by atoms with van der Waals surface area (Å²) in [4.78, 5) is 22.2. The molecule has 1 rings (SSSR count). The molecule has 0 saturated heterocycles. The molecule has 390 valence electrons. The second kappa shape index (κ2) is 49.4. The normalized spacial score (nSPS) is 12.0. The minimum atomic E-state index is -3.74. The first kappa shape index (κ1) is 68.3. The van der Waals surface area contributed by atoms with Gasteiger partial charge >= 0.3 is 27.1 Å². The molecule has 1 aromatic rings. The van der Waals surface area contributed by atoms with Gasteiger partial charge in [0, 0.05) is 20.0 Å². The highest BCUT2D eigenvalue weighted by Crippen LogP contribution is 2.57.